The van der Waals surface area contributed by atoms with Gasteiger partial charge < -0.3 is 19.7 Å². The summed E-state index contributed by atoms with van der Waals surface area (Å²) in [6, 6.07) is 9.92. The number of H-pyrrole nitrogens is 2. The molecule has 1 unspecified atom stereocenters. The lowest BCUT2D eigenvalue weighted by molar-refractivity contribution is -0.378. The Kier molecular flexibility index (Phi) is 6.88. The highest BCUT2D eigenvalue weighted by Crippen LogP contribution is 2.41. The smallest absolute Gasteiger partial charge is 0.355 e. The highest BCUT2D eigenvalue weighted by molar-refractivity contribution is 9.10. The number of ether oxygens (including phenoxy) is 1. The Morgan fingerprint density at radius 2 is 2.00 bits per heavy atom. The number of amides is 1. The Bertz CT molecular complexity index is 1350. The van der Waals surface area contributed by atoms with Crippen LogP contribution >= 0.6 is 15.9 Å². The van der Waals surface area contributed by atoms with Crippen LogP contribution in [0.15, 0.2) is 58.8 Å². The molecule has 1 aliphatic heterocycles. The second-order valence-electron chi connectivity index (χ2n) is 8.22. The van der Waals surface area contributed by atoms with E-state index in [1.165, 1.54) is 4.90 Å². The maximum atomic E-state index is 13.9. The van der Waals surface area contributed by atoms with Crippen LogP contribution in [0.25, 0.3) is 5.76 Å². The average molecular weight is 538 g/mol. The third-order valence-corrected chi connectivity index (χ3v) is 6.46. The van der Waals surface area contributed by atoms with Crippen molar-refractivity contribution in [2.24, 2.45) is 0 Å². The predicted octanol–water partition coefficient (Wildman–Crippen LogP) is 2.81. The van der Waals surface area contributed by atoms with Crippen LogP contribution in [0.4, 0.5) is 0 Å². The number of hydrogen-bond donors (Lipinski definition) is 1. The maximum Gasteiger partial charge on any atom is 0.355 e. The number of nitrogens with one attached hydrogen (secondary N) is 2. The van der Waals surface area contributed by atoms with E-state index in [2.05, 4.69) is 25.9 Å². The number of Topliss-reactive ketones (excluding diaryl/α,β-unsaturated/α-hetero) is 1. The fraction of sp³-hybridized carbons (Fsp3) is 0.231. The van der Waals surface area contributed by atoms with E-state index in [9.17, 15) is 19.5 Å². The molecular formula is C26H24BrN3O5. The summed E-state index contributed by atoms with van der Waals surface area (Å²) in [4.78, 5) is 46.1. The van der Waals surface area contributed by atoms with E-state index < -0.39 is 29.5 Å². The van der Waals surface area contributed by atoms with Crippen molar-refractivity contribution in [2.75, 3.05) is 6.61 Å². The molecule has 3 aromatic rings. The topological polar surface area (TPSA) is 117 Å². The van der Waals surface area contributed by atoms with E-state index in [-0.39, 0.29) is 30.0 Å². The summed E-state index contributed by atoms with van der Waals surface area (Å²) in [6.45, 7) is 5.28. The zero-order valence-corrected chi connectivity index (χ0v) is 21.1. The first-order valence-electron chi connectivity index (χ1n) is 11.1. The van der Waals surface area contributed by atoms with Crippen LogP contribution < -0.4 is 10.1 Å². The van der Waals surface area contributed by atoms with E-state index in [1.54, 1.807) is 57.4 Å². The van der Waals surface area contributed by atoms with Crippen LogP contribution in [0.5, 0.6) is 0 Å². The molecule has 4 rings (SSSR count). The molecule has 0 bridgehead atoms. The number of likely N-dealkylation sites (tertiary alicyclic amines) is 1. The molecule has 0 saturated carbocycles. The van der Waals surface area contributed by atoms with E-state index in [0.717, 1.165) is 10.0 Å². The van der Waals surface area contributed by atoms with Gasteiger partial charge in [0.05, 0.1) is 19.2 Å². The molecule has 180 valence electrons. The normalized spacial score (nSPS) is 17.1. The number of carbonyl (C=O) groups excluding carboxylic acids is 3. The summed E-state index contributed by atoms with van der Waals surface area (Å²) < 4.78 is 5.83. The van der Waals surface area contributed by atoms with Crippen LogP contribution in [-0.2, 0) is 20.9 Å². The van der Waals surface area contributed by atoms with Crippen molar-refractivity contribution in [2.45, 2.75) is 33.4 Å². The molecule has 1 saturated heterocycles. The Morgan fingerprint density at radius 1 is 1.23 bits per heavy atom. The van der Waals surface area contributed by atoms with E-state index in [0.29, 0.717) is 16.8 Å². The SMILES string of the molecule is CCOC(=O)c1[nH]c(C)c(/C([O-])=C2\C(=O)C(=O)N(Cc3ccc[nH+]c3)C2c2cccc(Br)c2)c1C. The molecule has 1 atom stereocenters. The fourth-order valence-electron chi connectivity index (χ4n) is 4.41. The Morgan fingerprint density at radius 3 is 2.66 bits per heavy atom. The number of aromatic nitrogens is 2. The number of benzene rings is 1. The third-order valence-electron chi connectivity index (χ3n) is 5.96. The number of rotatable bonds is 6. The third kappa shape index (κ3) is 4.51. The van der Waals surface area contributed by atoms with Crippen molar-refractivity contribution in [1.82, 2.24) is 9.88 Å². The maximum absolute atomic E-state index is 13.9. The average Bonchev–Trinajstić information content (AvgIpc) is 3.27. The lowest BCUT2D eigenvalue weighted by Gasteiger charge is -2.27. The van der Waals surface area contributed by atoms with Crippen molar-refractivity contribution >= 4 is 39.3 Å². The largest absolute Gasteiger partial charge is 0.872 e. The van der Waals surface area contributed by atoms with Crippen molar-refractivity contribution in [3.05, 3.63) is 92.5 Å². The fourth-order valence-corrected chi connectivity index (χ4v) is 4.83. The molecule has 3 heterocycles. The highest BCUT2D eigenvalue weighted by Gasteiger charge is 2.44. The van der Waals surface area contributed by atoms with Gasteiger partial charge in [-0.25, -0.2) is 9.78 Å². The lowest BCUT2D eigenvalue weighted by Crippen LogP contribution is -2.29. The van der Waals surface area contributed by atoms with Crippen molar-refractivity contribution in [3.63, 3.8) is 0 Å². The molecule has 1 amide bonds. The Balaban J connectivity index is 1.90. The molecule has 2 N–H and O–H groups in total. The van der Waals surface area contributed by atoms with Crippen molar-refractivity contribution < 1.29 is 29.2 Å². The zero-order chi connectivity index (χ0) is 25.3. The molecule has 1 aliphatic rings. The van der Waals surface area contributed by atoms with Crippen LogP contribution in [-0.4, -0.2) is 34.2 Å². The number of nitrogens with zero attached hydrogens (tertiary/aromatic N) is 1. The van der Waals surface area contributed by atoms with Gasteiger partial charge in [-0.3, -0.25) is 9.59 Å². The van der Waals surface area contributed by atoms with Gasteiger partial charge in [0, 0.05) is 27.4 Å². The molecule has 8 nitrogen and oxygen atoms in total. The van der Waals surface area contributed by atoms with Gasteiger partial charge >= 0.3 is 5.97 Å². The molecule has 0 aliphatic carbocycles. The first-order valence-corrected chi connectivity index (χ1v) is 11.9. The van der Waals surface area contributed by atoms with Gasteiger partial charge in [-0.05, 0) is 55.7 Å². The Hall–Kier alpha value is -3.72. The minimum absolute atomic E-state index is 0.134. The second-order valence-corrected chi connectivity index (χ2v) is 9.14. The summed E-state index contributed by atoms with van der Waals surface area (Å²) in [5.74, 6) is -2.77. The first kappa shape index (κ1) is 24.4. The number of esters is 1. The molecule has 9 heteroatoms. The monoisotopic (exact) mass is 537 g/mol. The minimum Gasteiger partial charge on any atom is -0.872 e. The molecule has 35 heavy (non-hydrogen) atoms. The standard InChI is InChI=1S/C26H24BrN3O5/c1-4-35-26(34)21-14(2)19(15(3)29-21)23(31)20-22(17-8-5-9-18(27)11-17)30(25(33)24(20)32)13-16-7-6-10-28-12-16/h5-12,22,29,31H,4,13H2,1-3H3/b23-20+. The van der Waals surface area contributed by atoms with Gasteiger partial charge in [0.1, 0.15) is 5.69 Å². The van der Waals surface area contributed by atoms with E-state index >= 15 is 0 Å². The summed E-state index contributed by atoms with van der Waals surface area (Å²) in [7, 11) is 0. The number of pyridine rings is 1. The van der Waals surface area contributed by atoms with E-state index in [1.807, 2.05) is 12.1 Å². The van der Waals surface area contributed by atoms with Crippen molar-refractivity contribution in [1.29, 1.82) is 0 Å². The van der Waals surface area contributed by atoms with Crippen LogP contribution in [0.3, 0.4) is 0 Å². The number of aromatic amines is 2. The Labute approximate surface area is 210 Å². The van der Waals surface area contributed by atoms with Gasteiger partial charge in [0.15, 0.2) is 12.4 Å². The molecule has 0 spiro atoms. The molecule has 1 fully saturated rings. The van der Waals surface area contributed by atoms with Crippen LogP contribution in [0.1, 0.15) is 51.4 Å². The highest BCUT2D eigenvalue weighted by atomic mass is 79.9. The quantitative estimate of drug-likeness (QED) is 0.224. The molecule has 1 aromatic carbocycles. The minimum atomic E-state index is -0.889. The summed E-state index contributed by atoms with van der Waals surface area (Å²) >= 11 is 3.44. The summed E-state index contributed by atoms with van der Waals surface area (Å²) in [6.07, 6.45) is 3.48. The van der Waals surface area contributed by atoms with E-state index in [4.69, 9.17) is 4.74 Å². The van der Waals surface area contributed by atoms with Gasteiger partial charge in [-0.1, -0.05) is 33.8 Å². The second kappa shape index (κ2) is 9.87. The molecule has 0 radical (unpaired) electrons. The van der Waals surface area contributed by atoms with Gasteiger partial charge in [-0.15, -0.1) is 0 Å². The van der Waals surface area contributed by atoms with Crippen LogP contribution in [0, 0.1) is 13.8 Å². The summed E-state index contributed by atoms with van der Waals surface area (Å²) in [5.41, 5.74) is 2.41. The number of ketones is 1. The molecule has 2 aromatic heterocycles. The molecular weight excluding hydrogens is 514 g/mol. The number of halogens is 1. The van der Waals surface area contributed by atoms with Gasteiger partial charge in [0.25, 0.3) is 5.91 Å². The number of hydrogen-bond acceptors (Lipinski definition) is 5. The lowest BCUT2D eigenvalue weighted by atomic mass is 9.94. The summed E-state index contributed by atoms with van der Waals surface area (Å²) in [5, 5.41) is 13.9. The van der Waals surface area contributed by atoms with Crippen molar-refractivity contribution in [3.8, 4) is 0 Å². The first-order chi connectivity index (χ1) is 16.7. The predicted molar refractivity (Wildman–Crippen MR) is 129 cm³/mol. The zero-order valence-electron chi connectivity index (χ0n) is 19.5. The van der Waals surface area contributed by atoms with Crippen LogP contribution in [0.2, 0.25) is 0 Å². The number of aryl methyl sites for hydroxylation is 1. The van der Waals surface area contributed by atoms with Gasteiger partial charge in [-0.2, -0.15) is 0 Å². The van der Waals surface area contributed by atoms with Gasteiger partial charge in [0.2, 0.25) is 5.78 Å². The number of carbonyl (C=O) groups is 3.